The molecule has 0 aromatic rings. The molecule has 0 atom stereocenters. The average Bonchev–Trinajstić information content (AvgIpc) is 2.47. The summed E-state index contributed by atoms with van der Waals surface area (Å²) in [7, 11) is -0.508. The van der Waals surface area contributed by atoms with Gasteiger partial charge < -0.3 is 9.47 Å². The number of ether oxygens (including phenoxy) is 2. The topological polar surface area (TPSA) is 18.5 Å². The van der Waals surface area contributed by atoms with Crippen molar-refractivity contribution >= 4 is 18.5 Å². The second kappa shape index (κ2) is 3.57. The molecular formula is C11H20ClO2P. The van der Waals surface area contributed by atoms with Gasteiger partial charge in [0.2, 0.25) is 0 Å². The lowest BCUT2D eigenvalue weighted by atomic mass is 9.92. The Morgan fingerprint density at radius 1 is 0.933 bits per heavy atom. The van der Waals surface area contributed by atoms with Crippen LogP contribution in [0.3, 0.4) is 0 Å². The molecule has 2 heterocycles. The fourth-order valence-corrected chi connectivity index (χ4v) is 5.80. The first kappa shape index (κ1) is 12.1. The Labute approximate surface area is 98.2 Å². The number of hydrogen-bond acceptors (Lipinski definition) is 2. The van der Waals surface area contributed by atoms with Crippen molar-refractivity contribution in [3.05, 3.63) is 0 Å². The van der Waals surface area contributed by atoms with Crippen molar-refractivity contribution in [1.29, 1.82) is 0 Å². The zero-order valence-electron chi connectivity index (χ0n) is 9.97. The van der Waals surface area contributed by atoms with Crippen LogP contribution in [0.5, 0.6) is 0 Å². The predicted molar refractivity (Wildman–Crippen MR) is 64.8 cm³/mol. The van der Waals surface area contributed by atoms with Crippen LogP contribution in [-0.2, 0) is 9.47 Å². The van der Waals surface area contributed by atoms with Gasteiger partial charge in [-0.3, -0.25) is 0 Å². The van der Waals surface area contributed by atoms with E-state index in [-0.39, 0.29) is 16.1 Å². The lowest BCUT2D eigenvalue weighted by molar-refractivity contribution is -0.178. The average molecular weight is 251 g/mol. The van der Waals surface area contributed by atoms with Gasteiger partial charge in [0.15, 0.2) is 5.79 Å². The zero-order chi connectivity index (χ0) is 11.3. The molecule has 15 heavy (non-hydrogen) atoms. The highest BCUT2D eigenvalue weighted by atomic mass is 35.7. The molecule has 0 aromatic heterocycles. The first-order valence-corrected chi connectivity index (χ1v) is 7.76. The lowest BCUT2D eigenvalue weighted by Gasteiger charge is -2.52. The normalized spacial score (nSPS) is 33.4. The third-order valence-electron chi connectivity index (χ3n) is 3.28. The van der Waals surface area contributed by atoms with Gasteiger partial charge in [0, 0.05) is 30.4 Å². The van der Waals surface area contributed by atoms with Crippen LogP contribution in [0.1, 0.15) is 40.5 Å². The fourth-order valence-electron chi connectivity index (χ4n) is 3.04. The van der Waals surface area contributed by atoms with E-state index in [1.807, 2.05) is 0 Å². The highest BCUT2D eigenvalue weighted by molar-refractivity contribution is 7.86. The molecule has 1 spiro atoms. The molecule has 0 radical (unpaired) electrons. The van der Waals surface area contributed by atoms with Crippen molar-refractivity contribution in [2.24, 2.45) is 0 Å². The van der Waals surface area contributed by atoms with Crippen molar-refractivity contribution in [3.8, 4) is 0 Å². The van der Waals surface area contributed by atoms with Crippen LogP contribution in [0.4, 0.5) is 0 Å². The van der Waals surface area contributed by atoms with E-state index >= 15 is 0 Å². The van der Waals surface area contributed by atoms with Crippen molar-refractivity contribution in [2.45, 2.75) is 56.6 Å². The third kappa shape index (κ3) is 2.07. The summed E-state index contributed by atoms with van der Waals surface area (Å²) >= 11 is 6.62. The molecule has 2 saturated heterocycles. The van der Waals surface area contributed by atoms with E-state index in [2.05, 4.69) is 27.7 Å². The highest BCUT2D eigenvalue weighted by Crippen LogP contribution is 2.71. The maximum absolute atomic E-state index is 6.62. The van der Waals surface area contributed by atoms with Crippen LogP contribution in [0.15, 0.2) is 0 Å². The van der Waals surface area contributed by atoms with E-state index in [1.54, 1.807) is 0 Å². The minimum absolute atomic E-state index is 0.128. The van der Waals surface area contributed by atoms with Crippen molar-refractivity contribution in [1.82, 2.24) is 0 Å². The molecule has 0 aromatic carbocycles. The first-order chi connectivity index (χ1) is 6.78. The molecule has 2 fully saturated rings. The van der Waals surface area contributed by atoms with E-state index in [1.165, 1.54) is 0 Å². The molecule has 2 rings (SSSR count). The van der Waals surface area contributed by atoms with E-state index < -0.39 is 7.27 Å². The molecule has 0 amide bonds. The van der Waals surface area contributed by atoms with Gasteiger partial charge in [-0.2, -0.15) is 0 Å². The summed E-state index contributed by atoms with van der Waals surface area (Å²) in [4.78, 5) is 0. The summed E-state index contributed by atoms with van der Waals surface area (Å²) < 4.78 is 11.7. The highest BCUT2D eigenvalue weighted by Gasteiger charge is 2.56. The Bertz CT molecular complexity index is 239. The molecule has 2 nitrogen and oxygen atoms in total. The van der Waals surface area contributed by atoms with Gasteiger partial charge in [-0.05, 0) is 0 Å². The van der Waals surface area contributed by atoms with Crippen LogP contribution in [0.25, 0.3) is 0 Å². The summed E-state index contributed by atoms with van der Waals surface area (Å²) in [5.41, 5.74) is 0. The summed E-state index contributed by atoms with van der Waals surface area (Å²) in [5.74, 6) is -0.347. The Hall–Kier alpha value is 0.640. The Morgan fingerprint density at radius 3 is 1.73 bits per heavy atom. The number of halogens is 1. The van der Waals surface area contributed by atoms with Gasteiger partial charge in [-0.25, -0.2) is 0 Å². The van der Waals surface area contributed by atoms with Crippen LogP contribution in [-0.4, -0.2) is 29.3 Å². The molecule has 4 heteroatoms. The molecule has 0 saturated carbocycles. The smallest absolute Gasteiger partial charge is 0.170 e. The SMILES string of the molecule is CC1(C)CC2(CC(C)(C)P1Cl)OCCO2. The molecule has 2 aliphatic heterocycles. The fraction of sp³-hybridized carbons (Fsp3) is 1.00. The monoisotopic (exact) mass is 250 g/mol. The van der Waals surface area contributed by atoms with Gasteiger partial charge in [0.05, 0.1) is 13.2 Å². The largest absolute Gasteiger partial charge is 0.347 e. The lowest BCUT2D eigenvalue weighted by Crippen LogP contribution is -2.49. The molecule has 0 bridgehead atoms. The van der Waals surface area contributed by atoms with Gasteiger partial charge in [-0.15, -0.1) is 0 Å². The predicted octanol–water partition coefficient (Wildman–Crippen LogP) is 3.72. The molecule has 0 aliphatic carbocycles. The molecule has 0 unspecified atom stereocenters. The van der Waals surface area contributed by atoms with Gasteiger partial charge in [-0.1, -0.05) is 38.9 Å². The van der Waals surface area contributed by atoms with Crippen LogP contribution < -0.4 is 0 Å². The first-order valence-electron chi connectivity index (χ1n) is 5.52. The zero-order valence-corrected chi connectivity index (χ0v) is 11.6. The van der Waals surface area contributed by atoms with Crippen molar-refractivity contribution in [3.63, 3.8) is 0 Å². The maximum atomic E-state index is 6.62. The summed E-state index contributed by atoms with van der Waals surface area (Å²) in [6.07, 6.45) is 1.86. The summed E-state index contributed by atoms with van der Waals surface area (Å²) in [5, 5.41) is 0.256. The van der Waals surface area contributed by atoms with Gasteiger partial charge >= 0.3 is 0 Å². The van der Waals surface area contributed by atoms with E-state index in [0.29, 0.717) is 0 Å². The molecule has 88 valence electrons. The van der Waals surface area contributed by atoms with E-state index in [9.17, 15) is 0 Å². The van der Waals surface area contributed by atoms with Crippen LogP contribution >= 0.6 is 18.5 Å². The number of rotatable bonds is 0. The van der Waals surface area contributed by atoms with Crippen LogP contribution in [0.2, 0.25) is 0 Å². The standard InChI is InChI=1S/C11H20ClO2P/c1-9(2)7-11(13-5-6-14-11)8-10(3,4)15(9)12/h5-8H2,1-4H3. The van der Waals surface area contributed by atoms with E-state index in [4.69, 9.17) is 20.7 Å². The van der Waals surface area contributed by atoms with Gasteiger partial charge in [0.1, 0.15) is 0 Å². The second-order valence-corrected chi connectivity index (χ2v) is 9.86. The third-order valence-corrected chi connectivity index (χ3v) is 8.47. The Kier molecular flexibility index (Phi) is 2.88. The minimum Gasteiger partial charge on any atom is -0.347 e. The minimum atomic E-state index is -0.508. The Morgan fingerprint density at radius 2 is 1.33 bits per heavy atom. The van der Waals surface area contributed by atoms with Crippen LogP contribution in [0, 0.1) is 0 Å². The molecule has 2 aliphatic rings. The van der Waals surface area contributed by atoms with Gasteiger partial charge in [0.25, 0.3) is 0 Å². The quantitative estimate of drug-likeness (QED) is 0.610. The number of hydrogen-bond donors (Lipinski definition) is 0. The van der Waals surface area contributed by atoms with E-state index in [0.717, 1.165) is 26.1 Å². The van der Waals surface area contributed by atoms with Crippen molar-refractivity contribution in [2.75, 3.05) is 13.2 Å². The molecule has 0 N–H and O–H groups in total. The maximum Gasteiger partial charge on any atom is 0.170 e. The van der Waals surface area contributed by atoms with Crippen molar-refractivity contribution < 1.29 is 9.47 Å². The molecular weight excluding hydrogens is 231 g/mol. The Balaban J connectivity index is 2.27. The summed E-state index contributed by atoms with van der Waals surface area (Å²) in [6.45, 7) is 10.4. The summed E-state index contributed by atoms with van der Waals surface area (Å²) in [6, 6.07) is 0. The second-order valence-electron chi connectivity index (χ2n) is 5.87.